The summed E-state index contributed by atoms with van der Waals surface area (Å²) < 4.78 is 32.6. The molecule has 0 amide bonds. The van der Waals surface area contributed by atoms with E-state index in [1.54, 1.807) is 18.2 Å². The number of rotatable bonds is 6. The normalized spacial score (nSPS) is 18.4. The summed E-state index contributed by atoms with van der Waals surface area (Å²) in [4.78, 5) is 0.136. The van der Waals surface area contributed by atoms with Crippen molar-refractivity contribution < 1.29 is 18.3 Å². The van der Waals surface area contributed by atoms with Gasteiger partial charge in [0, 0.05) is 18.6 Å². The Labute approximate surface area is 126 Å². The quantitative estimate of drug-likeness (QED) is 0.841. The second kappa shape index (κ2) is 6.77. The van der Waals surface area contributed by atoms with Crippen molar-refractivity contribution in [1.29, 1.82) is 0 Å². The second-order valence-corrected chi connectivity index (χ2v) is 7.43. The van der Waals surface area contributed by atoms with Gasteiger partial charge in [0.1, 0.15) is 10.6 Å². The fourth-order valence-electron chi connectivity index (χ4n) is 2.86. The fraction of sp³-hybridized carbons (Fsp3) is 0.600. The molecule has 0 heterocycles. The monoisotopic (exact) mass is 313 g/mol. The first-order valence-corrected chi connectivity index (χ1v) is 8.75. The predicted octanol–water partition coefficient (Wildman–Crippen LogP) is 1.92. The number of nitrogens with one attached hydrogen (secondary N) is 1. The van der Waals surface area contributed by atoms with Crippen LogP contribution in [0.1, 0.15) is 32.1 Å². The number of para-hydroxylation sites is 1. The van der Waals surface area contributed by atoms with Crippen molar-refractivity contribution in [3.63, 3.8) is 0 Å². The van der Waals surface area contributed by atoms with Gasteiger partial charge in [-0.2, -0.15) is 0 Å². The van der Waals surface area contributed by atoms with Crippen molar-refractivity contribution in [2.45, 2.75) is 37.0 Å². The van der Waals surface area contributed by atoms with Crippen LogP contribution in [-0.2, 0) is 10.0 Å². The smallest absolute Gasteiger partial charge is 0.244 e. The molecule has 6 heteroatoms. The van der Waals surface area contributed by atoms with E-state index in [4.69, 9.17) is 4.74 Å². The van der Waals surface area contributed by atoms with Crippen LogP contribution in [0.4, 0.5) is 0 Å². The van der Waals surface area contributed by atoms with E-state index in [0.717, 1.165) is 32.1 Å². The molecule has 0 atom stereocenters. The van der Waals surface area contributed by atoms with Crippen molar-refractivity contribution in [2.24, 2.45) is 5.41 Å². The Morgan fingerprint density at radius 1 is 1.24 bits per heavy atom. The van der Waals surface area contributed by atoms with Crippen molar-refractivity contribution in [1.82, 2.24) is 4.72 Å². The lowest BCUT2D eigenvalue weighted by molar-refractivity contribution is 0.0867. The first kappa shape index (κ1) is 16.3. The third kappa shape index (κ3) is 3.75. The zero-order chi connectivity index (χ0) is 15.3. The number of hydrogen-bond donors (Lipinski definition) is 2. The molecule has 0 spiro atoms. The lowest BCUT2D eigenvalue weighted by atomic mass is 9.75. The van der Waals surface area contributed by atoms with Crippen LogP contribution in [0.3, 0.4) is 0 Å². The molecule has 0 unspecified atom stereocenters. The minimum atomic E-state index is -3.64. The van der Waals surface area contributed by atoms with Gasteiger partial charge in [-0.3, -0.25) is 0 Å². The molecule has 2 N–H and O–H groups in total. The summed E-state index contributed by atoms with van der Waals surface area (Å²) >= 11 is 0. The summed E-state index contributed by atoms with van der Waals surface area (Å²) in [5.74, 6) is 0.326. The van der Waals surface area contributed by atoms with E-state index in [1.807, 2.05) is 0 Å². The molecule has 0 radical (unpaired) electrons. The summed E-state index contributed by atoms with van der Waals surface area (Å²) in [7, 11) is -2.19. The average Bonchev–Trinajstić information content (AvgIpc) is 2.54. The van der Waals surface area contributed by atoms with E-state index in [0.29, 0.717) is 5.75 Å². The Morgan fingerprint density at radius 3 is 2.52 bits per heavy atom. The third-order valence-corrected chi connectivity index (χ3v) is 5.69. The van der Waals surface area contributed by atoms with Crippen LogP contribution in [0.5, 0.6) is 5.75 Å². The van der Waals surface area contributed by atoms with Gasteiger partial charge in [-0.25, -0.2) is 13.1 Å². The Morgan fingerprint density at radius 2 is 1.90 bits per heavy atom. The van der Waals surface area contributed by atoms with Gasteiger partial charge in [0.15, 0.2) is 0 Å². The molecule has 0 aliphatic heterocycles. The van der Waals surface area contributed by atoms with Crippen molar-refractivity contribution >= 4 is 10.0 Å². The van der Waals surface area contributed by atoms with Crippen LogP contribution in [0.25, 0.3) is 0 Å². The molecule has 0 aromatic heterocycles. The summed E-state index contributed by atoms with van der Waals surface area (Å²) in [6, 6.07) is 6.54. The SMILES string of the molecule is COc1ccccc1S(=O)(=O)NCC1(CO)CCCCC1. The van der Waals surface area contributed by atoms with Gasteiger partial charge in [-0.15, -0.1) is 0 Å². The minimum absolute atomic E-state index is 0.0153. The minimum Gasteiger partial charge on any atom is -0.495 e. The number of aliphatic hydroxyl groups excluding tert-OH is 1. The second-order valence-electron chi connectivity index (χ2n) is 5.69. The fourth-order valence-corrected chi connectivity index (χ4v) is 4.18. The van der Waals surface area contributed by atoms with Crippen LogP contribution in [-0.4, -0.2) is 33.8 Å². The zero-order valence-electron chi connectivity index (χ0n) is 12.3. The number of aliphatic hydroxyl groups is 1. The molecule has 118 valence electrons. The summed E-state index contributed by atoms with van der Waals surface area (Å²) in [5.41, 5.74) is -0.326. The van der Waals surface area contributed by atoms with Crippen molar-refractivity contribution in [2.75, 3.05) is 20.3 Å². The van der Waals surface area contributed by atoms with Crippen LogP contribution in [0.2, 0.25) is 0 Å². The third-order valence-electron chi connectivity index (χ3n) is 4.25. The molecule has 1 fully saturated rings. The molecule has 0 saturated heterocycles. The Hall–Kier alpha value is -1.11. The molecule has 1 saturated carbocycles. The number of benzene rings is 1. The molecule has 1 aromatic rings. The maximum Gasteiger partial charge on any atom is 0.244 e. The van der Waals surface area contributed by atoms with Gasteiger partial charge >= 0.3 is 0 Å². The number of hydrogen-bond acceptors (Lipinski definition) is 4. The maximum atomic E-state index is 12.4. The molecule has 1 aromatic carbocycles. The van der Waals surface area contributed by atoms with E-state index in [9.17, 15) is 13.5 Å². The van der Waals surface area contributed by atoms with Crippen molar-refractivity contribution in [3.05, 3.63) is 24.3 Å². The Bertz CT molecular complexity index is 565. The van der Waals surface area contributed by atoms with Crippen LogP contribution < -0.4 is 9.46 Å². The predicted molar refractivity (Wildman–Crippen MR) is 80.8 cm³/mol. The van der Waals surface area contributed by atoms with E-state index in [-0.39, 0.29) is 23.5 Å². The van der Waals surface area contributed by atoms with Crippen LogP contribution in [0.15, 0.2) is 29.2 Å². The maximum absolute atomic E-state index is 12.4. The highest BCUT2D eigenvalue weighted by Gasteiger charge is 2.33. The van der Waals surface area contributed by atoms with Crippen LogP contribution >= 0.6 is 0 Å². The van der Waals surface area contributed by atoms with Gasteiger partial charge in [-0.1, -0.05) is 31.4 Å². The van der Waals surface area contributed by atoms with Gasteiger partial charge in [0.05, 0.1) is 7.11 Å². The Balaban J connectivity index is 2.14. The van der Waals surface area contributed by atoms with Crippen LogP contribution in [0, 0.1) is 5.41 Å². The Kier molecular flexibility index (Phi) is 5.24. The number of ether oxygens (including phenoxy) is 1. The lowest BCUT2D eigenvalue weighted by Crippen LogP contribution is -2.41. The van der Waals surface area contributed by atoms with E-state index >= 15 is 0 Å². The van der Waals surface area contributed by atoms with Gasteiger partial charge < -0.3 is 9.84 Å². The lowest BCUT2D eigenvalue weighted by Gasteiger charge is -2.35. The molecule has 21 heavy (non-hydrogen) atoms. The summed E-state index contributed by atoms with van der Waals surface area (Å²) in [6.07, 6.45) is 4.95. The molecular formula is C15H23NO4S. The molecular weight excluding hydrogens is 290 g/mol. The van der Waals surface area contributed by atoms with Gasteiger partial charge in [0.25, 0.3) is 0 Å². The largest absolute Gasteiger partial charge is 0.495 e. The van der Waals surface area contributed by atoms with E-state index in [1.165, 1.54) is 13.2 Å². The number of methoxy groups -OCH3 is 1. The zero-order valence-corrected chi connectivity index (χ0v) is 13.2. The average molecular weight is 313 g/mol. The highest BCUT2D eigenvalue weighted by atomic mass is 32.2. The molecule has 2 rings (SSSR count). The van der Waals surface area contributed by atoms with E-state index < -0.39 is 10.0 Å². The molecule has 0 bridgehead atoms. The van der Waals surface area contributed by atoms with Crippen molar-refractivity contribution in [3.8, 4) is 5.75 Å². The topological polar surface area (TPSA) is 75.6 Å². The standard InChI is InChI=1S/C15H23NO4S/c1-20-13-7-3-4-8-14(13)21(18,19)16-11-15(12-17)9-5-2-6-10-15/h3-4,7-8,16-17H,2,5-6,9-12H2,1H3. The first-order valence-electron chi connectivity index (χ1n) is 7.27. The molecule has 1 aliphatic carbocycles. The van der Waals surface area contributed by atoms with E-state index in [2.05, 4.69) is 4.72 Å². The number of sulfonamides is 1. The summed E-state index contributed by atoms with van der Waals surface area (Å²) in [5, 5.41) is 9.65. The molecule has 5 nitrogen and oxygen atoms in total. The summed E-state index contributed by atoms with van der Waals surface area (Å²) in [6.45, 7) is 0.283. The first-order chi connectivity index (χ1) is 10.0. The van der Waals surface area contributed by atoms with Gasteiger partial charge in [0.2, 0.25) is 10.0 Å². The highest BCUT2D eigenvalue weighted by Crippen LogP contribution is 2.35. The van der Waals surface area contributed by atoms with Gasteiger partial charge in [-0.05, 0) is 25.0 Å². The highest BCUT2D eigenvalue weighted by molar-refractivity contribution is 7.89. The molecule has 1 aliphatic rings.